The van der Waals surface area contributed by atoms with Gasteiger partial charge in [0.1, 0.15) is 33.6 Å². The summed E-state index contributed by atoms with van der Waals surface area (Å²) < 4.78 is 111. The minimum atomic E-state index is -5.13. The fourth-order valence-electron chi connectivity index (χ4n) is 6.52. The van der Waals surface area contributed by atoms with Crippen LogP contribution in [0.2, 0.25) is 0 Å². The van der Waals surface area contributed by atoms with Gasteiger partial charge < -0.3 is 37.4 Å². The maximum absolute atomic E-state index is 13.0. The summed E-state index contributed by atoms with van der Waals surface area (Å²) in [4.78, 5) is 23.2. The number of nitrogens with one attached hydrogen (secondary N) is 2. The zero-order valence-electron chi connectivity index (χ0n) is 41.6. The van der Waals surface area contributed by atoms with Crippen LogP contribution >= 0.6 is 0 Å². The number of benzene rings is 5. The van der Waals surface area contributed by atoms with Gasteiger partial charge in [-0.25, -0.2) is 0 Å². The maximum Gasteiger partial charge on any atom is 1.00 e. The van der Waals surface area contributed by atoms with Crippen LogP contribution in [0.4, 0.5) is 22.7 Å². The molecule has 0 spiro atoms. The molecule has 6 N–H and O–H groups in total. The van der Waals surface area contributed by atoms with Crippen LogP contribution in [-0.4, -0.2) is 75.4 Å². The third kappa shape index (κ3) is 15.6. The molecule has 69 heavy (non-hydrogen) atoms. The monoisotopic (exact) mass is 1030 g/mol. The molecule has 0 radical (unpaired) electrons. The molecular formula is C45H54N4Na2O15S3. The molecule has 0 saturated heterocycles. The summed E-state index contributed by atoms with van der Waals surface area (Å²) in [6.07, 6.45) is 1.73. The molecular weight excluding hydrogens is 979 g/mol. The summed E-state index contributed by atoms with van der Waals surface area (Å²) in [5, 5.41) is 33.6. The van der Waals surface area contributed by atoms with Crippen molar-refractivity contribution in [1.82, 2.24) is 0 Å². The summed E-state index contributed by atoms with van der Waals surface area (Å²) in [5.74, 6) is -2.37. The third-order valence-corrected chi connectivity index (χ3v) is 13.9. The van der Waals surface area contributed by atoms with Crippen LogP contribution in [0.3, 0.4) is 0 Å². The summed E-state index contributed by atoms with van der Waals surface area (Å²) in [6, 6.07) is 17.6. The van der Waals surface area contributed by atoms with Crippen molar-refractivity contribution in [3.8, 4) is 28.7 Å². The topological polar surface area (TPSA) is 294 Å². The molecule has 0 heterocycles. The first-order valence-electron chi connectivity index (χ1n) is 20.7. The molecule has 0 atom stereocenters. The van der Waals surface area contributed by atoms with Crippen LogP contribution in [-0.2, 0) is 50.8 Å². The van der Waals surface area contributed by atoms with Gasteiger partial charge in [-0.2, -0.15) is 30.4 Å². The Kier molecular flexibility index (Phi) is 20.3. The molecule has 24 heteroatoms. The number of ether oxygens (including phenoxy) is 2. The van der Waals surface area contributed by atoms with Gasteiger partial charge in [0.25, 0.3) is 26.1 Å². The first-order valence-corrected chi connectivity index (χ1v) is 25.1. The summed E-state index contributed by atoms with van der Waals surface area (Å²) in [7, 11) is -14.2. The van der Waals surface area contributed by atoms with E-state index in [-0.39, 0.29) is 138 Å². The molecule has 0 fully saturated rings. The Hall–Kier alpha value is -4.33. The van der Waals surface area contributed by atoms with Crippen LogP contribution in [0.15, 0.2) is 98.9 Å². The first kappa shape index (κ1) is 59.0. The van der Waals surface area contributed by atoms with E-state index in [1.54, 1.807) is 0 Å². The average Bonchev–Trinajstić information content (AvgIpc) is 3.24. The largest absolute Gasteiger partial charge is 1.00 e. The Bertz CT molecular complexity index is 3090. The molecule has 5 rings (SSSR count). The number of fused-ring (bicyclic) bond motifs is 1. The number of carbonyl (C=O) groups is 2. The normalized spacial score (nSPS) is 12.2. The zero-order valence-corrected chi connectivity index (χ0v) is 46.1. The van der Waals surface area contributed by atoms with E-state index >= 15 is 0 Å². The molecule has 0 unspecified atom stereocenters. The van der Waals surface area contributed by atoms with Gasteiger partial charge in [0.05, 0.1) is 34.3 Å². The fourth-order valence-corrected chi connectivity index (χ4v) is 8.67. The Morgan fingerprint density at radius 3 is 1.96 bits per heavy atom. The molecule has 2 amide bonds. The Labute approximate surface area is 448 Å². The molecule has 0 saturated carbocycles. The quantitative estimate of drug-likeness (QED) is 0.0163. The van der Waals surface area contributed by atoms with Crippen molar-refractivity contribution in [2.45, 2.75) is 88.3 Å². The number of phenols is 2. The molecule has 0 aliphatic heterocycles. The van der Waals surface area contributed by atoms with E-state index in [1.807, 2.05) is 12.1 Å². The van der Waals surface area contributed by atoms with Gasteiger partial charge in [0.15, 0.2) is 12.4 Å². The van der Waals surface area contributed by atoms with Crippen LogP contribution in [0.5, 0.6) is 28.7 Å². The van der Waals surface area contributed by atoms with Crippen molar-refractivity contribution in [1.29, 1.82) is 0 Å². The van der Waals surface area contributed by atoms with Gasteiger partial charge >= 0.3 is 69.2 Å². The van der Waals surface area contributed by atoms with E-state index in [4.69, 9.17) is 13.7 Å². The van der Waals surface area contributed by atoms with E-state index in [2.05, 4.69) is 68.5 Å². The van der Waals surface area contributed by atoms with Crippen LogP contribution < -0.4 is 83.4 Å². The van der Waals surface area contributed by atoms with Gasteiger partial charge in [-0.05, 0) is 102 Å². The smallest absolute Gasteiger partial charge is 1.00 e. The summed E-state index contributed by atoms with van der Waals surface area (Å²) >= 11 is 0. The van der Waals surface area contributed by atoms with E-state index in [9.17, 15) is 54.2 Å². The first-order chi connectivity index (χ1) is 31.1. The fraction of sp³-hybridized carbons (Fsp3) is 0.333. The van der Waals surface area contributed by atoms with Crippen LogP contribution in [0, 0.1) is 0 Å². The van der Waals surface area contributed by atoms with Gasteiger partial charge in [-0.15, -0.1) is 5.11 Å². The molecule has 5 aromatic carbocycles. The number of phenolic OH excluding ortho intramolecular Hbond substituents is 2. The maximum atomic E-state index is 13.0. The number of hydrogen-bond donors (Lipinski definition) is 6. The molecule has 5 aromatic rings. The van der Waals surface area contributed by atoms with Crippen molar-refractivity contribution < 1.29 is 130 Å². The second-order valence-electron chi connectivity index (χ2n) is 16.7. The molecule has 364 valence electrons. The standard InChI is InChI=1S/C45H52N4O15S3.2Na.2H/c1-8-44(4,5)29-11-18-38(34(23-29)45(6,7)9-2)63-26-40(52)47-35-24-32(16-17-37(35)51)64-65(54,55)20-10-19-62-31-14-12-30(13-15-31)48-49-42-39(67(59,60)61)22-28-21-33(66(56,57)58)25-36(46-27(3)50)41(28)43(42)53;;;;/h11-18,21-25,51,53H,8-10,19-20,26H2,1-7H3,(H,46,50)(H,47,52)(H,56,57,58)(H,59,60,61);;;;/q;2*+1;2*-1. The number of carbonyl (C=O) groups excluding carboxylic acids is 2. The predicted octanol–water partition coefficient (Wildman–Crippen LogP) is 2.92. The van der Waals surface area contributed by atoms with E-state index in [0.717, 1.165) is 49.1 Å². The number of anilines is 2. The second kappa shape index (κ2) is 23.7. The number of azo groups is 1. The van der Waals surface area contributed by atoms with Gasteiger partial charge in [0.2, 0.25) is 5.91 Å². The van der Waals surface area contributed by atoms with Gasteiger partial charge in [-0.3, -0.25) is 18.7 Å². The van der Waals surface area contributed by atoms with Crippen LogP contribution in [0.25, 0.3) is 10.8 Å². The Balaban J connectivity index is 0.00000630. The van der Waals surface area contributed by atoms with Crippen LogP contribution in [0.1, 0.15) is 81.7 Å². The van der Waals surface area contributed by atoms with Crippen molar-refractivity contribution in [2.24, 2.45) is 10.2 Å². The summed E-state index contributed by atoms with van der Waals surface area (Å²) in [6.45, 7) is 13.3. The molecule has 0 aliphatic rings. The van der Waals surface area contributed by atoms with Gasteiger partial charge in [0, 0.05) is 23.9 Å². The molecule has 0 aliphatic carbocycles. The average molecular weight is 1030 g/mol. The molecule has 0 aromatic heterocycles. The number of aromatic hydroxyl groups is 2. The number of hydrogen-bond acceptors (Lipinski definition) is 15. The van der Waals surface area contributed by atoms with E-state index in [1.165, 1.54) is 42.5 Å². The predicted molar refractivity (Wildman–Crippen MR) is 252 cm³/mol. The second-order valence-corrected chi connectivity index (χ2v) is 21.2. The SMILES string of the molecule is CCC(C)(C)c1ccc(OCC(=O)Nc2cc(OS(=O)(=O)CCCOc3ccc(N=Nc4c(S(=O)(=O)O)cc5cc(S(=O)(=O)O)cc(NC(C)=O)c5c4O)cc3)ccc2O)c(C(C)(C)CC)c1.[H-].[H-].[Na+].[Na+]. The zero-order chi connectivity index (χ0) is 49.7. The number of amides is 2. The minimum absolute atomic E-state index is 0. The van der Waals surface area contributed by atoms with E-state index in [0.29, 0.717) is 5.75 Å². The number of rotatable bonds is 20. The molecule has 19 nitrogen and oxygen atoms in total. The van der Waals surface area contributed by atoms with E-state index < -0.39 is 69.1 Å². The number of nitrogens with zero attached hydrogens (tertiary/aromatic N) is 2. The van der Waals surface area contributed by atoms with Crippen molar-refractivity contribution in [3.63, 3.8) is 0 Å². The summed E-state index contributed by atoms with van der Waals surface area (Å²) in [5.41, 5.74) is 0.716. The van der Waals surface area contributed by atoms with Crippen molar-refractivity contribution >= 4 is 75.7 Å². The Morgan fingerprint density at radius 1 is 0.725 bits per heavy atom. The Morgan fingerprint density at radius 2 is 1.36 bits per heavy atom. The van der Waals surface area contributed by atoms with Crippen molar-refractivity contribution in [3.05, 3.63) is 90.0 Å². The molecule has 0 bridgehead atoms. The van der Waals surface area contributed by atoms with Gasteiger partial charge in [-0.1, -0.05) is 53.7 Å². The minimum Gasteiger partial charge on any atom is -1.00 e. The third-order valence-electron chi connectivity index (χ3n) is 11.0. The van der Waals surface area contributed by atoms with Crippen molar-refractivity contribution in [2.75, 3.05) is 29.6 Å².